The number of likely N-dealkylation sites (tertiary alicyclic amines) is 1. The van der Waals surface area contributed by atoms with Crippen molar-refractivity contribution in [2.75, 3.05) is 5.32 Å². The Balaban J connectivity index is 1.66. The number of rotatable bonds is 3. The van der Waals surface area contributed by atoms with Crippen molar-refractivity contribution in [3.63, 3.8) is 0 Å². The van der Waals surface area contributed by atoms with E-state index in [-0.39, 0.29) is 18.0 Å². The predicted molar refractivity (Wildman–Crippen MR) is 80.9 cm³/mol. The molecule has 0 spiro atoms. The molecule has 1 fully saturated rings. The second-order valence-electron chi connectivity index (χ2n) is 5.11. The average Bonchev–Trinajstić information content (AvgIpc) is 2.48. The molecule has 4 nitrogen and oxygen atoms in total. The van der Waals surface area contributed by atoms with Gasteiger partial charge in [0, 0.05) is 12.1 Å². The fourth-order valence-corrected chi connectivity index (χ4v) is 2.52. The lowest BCUT2D eigenvalue weighted by Crippen LogP contribution is -2.57. The zero-order valence-corrected chi connectivity index (χ0v) is 11.5. The summed E-state index contributed by atoms with van der Waals surface area (Å²) in [6.07, 6.45) is 1.13. The van der Waals surface area contributed by atoms with Crippen LogP contribution in [0, 0.1) is 0 Å². The summed E-state index contributed by atoms with van der Waals surface area (Å²) in [7, 11) is 0. The van der Waals surface area contributed by atoms with Crippen molar-refractivity contribution in [3.05, 3.63) is 66.2 Å². The van der Waals surface area contributed by atoms with Crippen LogP contribution in [0.25, 0.3) is 0 Å². The maximum atomic E-state index is 12.2. The van der Waals surface area contributed by atoms with Crippen LogP contribution in [0.1, 0.15) is 12.0 Å². The van der Waals surface area contributed by atoms with Crippen LogP contribution >= 0.6 is 0 Å². The summed E-state index contributed by atoms with van der Waals surface area (Å²) in [4.78, 5) is 25.2. The summed E-state index contributed by atoms with van der Waals surface area (Å²) >= 11 is 0. The summed E-state index contributed by atoms with van der Waals surface area (Å²) in [5.74, 6) is -0.121. The molecule has 3 amide bonds. The number of hydrogen-bond donors (Lipinski definition) is 1. The molecule has 1 aliphatic heterocycles. The third kappa shape index (κ3) is 2.94. The van der Waals surface area contributed by atoms with Gasteiger partial charge in [-0.1, -0.05) is 48.5 Å². The first-order valence-corrected chi connectivity index (χ1v) is 6.96. The van der Waals surface area contributed by atoms with E-state index in [0.29, 0.717) is 18.5 Å². The van der Waals surface area contributed by atoms with E-state index in [0.717, 1.165) is 5.56 Å². The maximum Gasteiger partial charge on any atom is 0.328 e. The fraction of sp³-hybridized carbons (Fsp3) is 0.176. The van der Waals surface area contributed by atoms with Crippen LogP contribution in [0.2, 0.25) is 0 Å². The lowest BCUT2D eigenvalue weighted by molar-refractivity contribution is -0.140. The van der Waals surface area contributed by atoms with Crippen molar-refractivity contribution in [3.8, 4) is 0 Å². The zero-order chi connectivity index (χ0) is 14.7. The first kappa shape index (κ1) is 13.4. The number of urea groups is 1. The minimum Gasteiger partial charge on any atom is -0.307 e. The number of amides is 3. The van der Waals surface area contributed by atoms with Gasteiger partial charge in [-0.25, -0.2) is 4.79 Å². The molecule has 0 aromatic heterocycles. The third-order valence-electron chi connectivity index (χ3n) is 3.60. The molecule has 0 unspecified atom stereocenters. The molecule has 1 aliphatic rings. The first-order chi connectivity index (χ1) is 10.2. The van der Waals surface area contributed by atoms with Gasteiger partial charge in [0.05, 0.1) is 6.04 Å². The predicted octanol–water partition coefficient (Wildman–Crippen LogP) is 3.06. The van der Waals surface area contributed by atoms with E-state index in [4.69, 9.17) is 0 Å². The number of carbonyl (C=O) groups excluding carboxylic acids is 2. The van der Waals surface area contributed by atoms with Crippen LogP contribution in [0.4, 0.5) is 10.5 Å². The Bertz CT molecular complexity index is 640. The molecule has 2 aromatic carbocycles. The van der Waals surface area contributed by atoms with Crippen molar-refractivity contribution in [1.82, 2.24) is 4.90 Å². The van der Waals surface area contributed by atoms with Gasteiger partial charge in [-0.2, -0.15) is 0 Å². The van der Waals surface area contributed by atoms with Gasteiger partial charge < -0.3 is 5.32 Å². The van der Waals surface area contributed by atoms with E-state index < -0.39 is 0 Å². The molecule has 1 saturated heterocycles. The van der Waals surface area contributed by atoms with Crippen LogP contribution < -0.4 is 5.32 Å². The lowest BCUT2D eigenvalue weighted by atomic mass is 9.95. The Kier molecular flexibility index (Phi) is 3.69. The first-order valence-electron chi connectivity index (χ1n) is 6.96. The van der Waals surface area contributed by atoms with Crippen LogP contribution in [0.3, 0.4) is 0 Å². The van der Waals surface area contributed by atoms with Crippen LogP contribution in [-0.2, 0) is 11.2 Å². The Morgan fingerprint density at radius 1 is 1.05 bits per heavy atom. The van der Waals surface area contributed by atoms with Crippen molar-refractivity contribution in [1.29, 1.82) is 0 Å². The largest absolute Gasteiger partial charge is 0.328 e. The third-order valence-corrected chi connectivity index (χ3v) is 3.60. The van der Waals surface area contributed by atoms with E-state index in [1.165, 1.54) is 4.90 Å². The highest BCUT2D eigenvalue weighted by Gasteiger charge is 2.40. The van der Waals surface area contributed by atoms with Crippen molar-refractivity contribution < 1.29 is 9.59 Å². The van der Waals surface area contributed by atoms with Gasteiger partial charge >= 0.3 is 6.03 Å². The quantitative estimate of drug-likeness (QED) is 0.878. The van der Waals surface area contributed by atoms with Crippen LogP contribution in [-0.4, -0.2) is 22.9 Å². The van der Waals surface area contributed by atoms with E-state index in [9.17, 15) is 9.59 Å². The minimum atomic E-state index is -0.349. The molecule has 1 N–H and O–H groups in total. The average molecular weight is 280 g/mol. The smallest absolute Gasteiger partial charge is 0.307 e. The van der Waals surface area contributed by atoms with Crippen LogP contribution in [0.5, 0.6) is 0 Å². The summed E-state index contributed by atoms with van der Waals surface area (Å²) in [6, 6.07) is 18.7. The number of carbonyl (C=O) groups is 2. The maximum absolute atomic E-state index is 12.2. The number of nitrogens with one attached hydrogen (secondary N) is 1. The summed E-state index contributed by atoms with van der Waals surface area (Å²) in [5.41, 5.74) is 1.83. The lowest BCUT2D eigenvalue weighted by Gasteiger charge is -2.38. The number of imide groups is 1. The topological polar surface area (TPSA) is 49.4 Å². The SMILES string of the molecule is O=C1C[C@@H](Cc2ccccc2)N1C(=O)Nc1ccccc1. The van der Waals surface area contributed by atoms with Gasteiger partial charge in [-0.05, 0) is 24.1 Å². The van der Waals surface area contributed by atoms with Crippen LogP contribution in [0.15, 0.2) is 60.7 Å². The molecule has 21 heavy (non-hydrogen) atoms. The Morgan fingerprint density at radius 2 is 1.67 bits per heavy atom. The molecule has 1 heterocycles. The normalized spacial score (nSPS) is 17.2. The minimum absolute atomic E-state index is 0.0522. The van der Waals surface area contributed by atoms with Crippen molar-refractivity contribution in [2.24, 2.45) is 0 Å². The molecule has 106 valence electrons. The second kappa shape index (κ2) is 5.79. The number of hydrogen-bond acceptors (Lipinski definition) is 2. The standard InChI is InChI=1S/C17H16N2O2/c20-16-12-15(11-13-7-3-1-4-8-13)19(16)17(21)18-14-9-5-2-6-10-14/h1-10,15H,11-12H2,(H,18,21)/t15-/m1/s1. The van der Waals surface area contributed by atoms with E-state index in [1.807, 2.05) is 48.5 Å². The number of para-hydroxylation sites is 1. The van der Waals surface area contributed by atoms with Crippen molar-refractivity contribution >= 4 is 17.6 Å². The summed E-state index contributed by atoms with van der Waals surface area (Å²) < 4.78 is 0. The molecule has 0 radical (unpaired) electrons. The number of β-lactam (4-membered cyclic amide) rings is 1. The van der Waals surface area contributed by atoms with Gasteiger partial charge in [0.2, 0.25) is 5.91 Å². The zero-order valence-electron chi connectivity index (χ0n) is 11.5. The molecule has 4 heteroatoms. The Labute approximate surface area is 123 Å². The molecule has 0 aliphatic carbocycles. The van der Waals surface area contributed by atoms with Gasteiger partial charge in [0.25, 0.3) is 0 Å². The molecule has 0 saturated carbocycles. The molecular weight excluding hydrogens is 264 g/mol. The highest BCUT2D eigenvalue weighted by molar-refractivity contribution is 6.05. The molecular formula is C17H16N2O2. The summed E-state index contributed by atoms with van der Waals surface area (Å²) in [6.45, 7) is 0. The number of nitrogens with zero attached hydrogens (tertiary/aromatic N) is 1. The highest BCUT2D eigenvalue weighted by atomic mass is 16.2. The van der Waals surface area contributed by atoms with Gasteiger partial charge in [-0.3, -0.25) is 9.69 Å². The van der Waals surface area contributed by atoms with Gasteiger partial charge in [-0.15, -0.1) is 0 Å². The molecule has 0 bridgehead atoms. The molecule has 3 rings (SSSR count). The van der Waals surface area contributed by atoms with Crippen molar-refractivity contribution in [2.45, 2.75) is 18.9 Å². The van der Waals surface area contributed by atoms with E-state index >= 15 is 0 Å². The summed E-state index contributed by atoms with van der Waals surface area (Å²) in [5, 5.41) is 2.76. The van der Waals surface area contributed by atoms with E-state index in [2.05, 4.69) is 5.32 Å². The van der Waals surface area contributed by atoms with E-state index in [1.54, 1.807) is 12.1 Å². The fourth-order valence-electron chi connectivity index (χ4n) is 2.52. The second-order valence-corrected chi connectivity index (χ2v) is 5.11. The Morgan fingerprint density at radius 3 is 2.29 bits per heavy atom. The highest BCUT2D eigenvalue weighted by Crippen LogP contribution is 2.24. The van der Waals surface area contributed by atoms with Gasteiger partial charge in [0.1, 0.15) is 0 Å². The molecule has 1 atom stereocenters. The number of anilines is 1. The monoisotopic (exact) mass is 280 g/mol. The Hall–Kier alpha value is -2.62. The van der Waals surface area contributed by atoms with Gasteiger partial charge in [0.15, 0.2) is 0 Å². The molecule has 2 aromatic rings. The number of benzene rings is 2.